The molecule has 2 amide bonds. The highest BCUT2D eigenvalue weighted by molar-refractivity contribution is 6.87. The Morgan fingerprint density at radius 1 is 1.15 bits per heavy atom. The molecule has 2 atom stereocenters. The first-order chi connectivity index (χ1) is 15.4. The molecule has 33 heavy (non-hydrogen) atoms. The molecule has 1 aromatic carbocycles. The van der Waals surface area contributed by atoms with Crippen LogP contribution in [-0.4, -0.2) is 57.0 Å². The smallest absolute Gasteiger partial charge is 0.407 e. The van der Waals surface area contributed by atoms with E-state index in [-0.39, 0.29) is 31.0 Å². The molecule has 182 valence electrons. The van der Waals surface area contributed by atoms with Gasteiger partial charge in [0.15, 0.2) is 0 Å². The van der Waals surface area contributed by atoms with Gasteiger partial charge in [-0.25, -0.2) is 9.59 Å². The number of benzene rings is 1. The van der Waals surface area contributed by atoms with Gasteiger partial charge in [0.1, 0.15) is 20.7 Å². The van der Waals surface area contributed by atoms with Crippen LogP contribution in [-0.2, 0) is 25.7 Å². The fraction of sp³-hybridized carbons (Fsp3) is 0.542. The fourth-order valence-corrected chi connectivity index (χ4v) is 3.33. The zero-order valence-corrected chi connectivity index (χ0v) is 21.4. The lowest BCUT2D eigenvalue weighted by Gasteiger charge is -2.31. The summed E-state index contributed by atoms with van der Waals surface area (Å²) in [5, 5.41) is 15.1. The number of aliphatic hydroxyl groups is 1. The Morgan fingerprint density at radius 2 is 1.79 bits per heavy atom. The minimum atomic E-state index is -1.85. The van der Waals surface area contributed by atoms with Crippen LogP contribution in [0, 0.1) is 11.5 Å². The van der Waals surface area contributed by atoms with E-state index in [1.54, 1.807) is 0 Å². The SMILES string of the molecule is COC(=O)[C@H](CC#C[Si](C)(C)C(C)(C)C)NC(=O)C[C@H](O)CNC(=O)OCc1ccccc1. The third kappa shape index (κ3) is 10.6. The molecule has 9 heteroatoms. The molecule has 0 fully saturated rings. The van der Waals surface area contributed by atoms with Crippen molar-refractivity contribution < 1.29 is 29.0 Å². The highest BCUT2D eigenvalue weighted by Gasteiger charge is 2.33. The standard InChI is InChI=1S/C24H36N2O6Si/c1-24(2,3)33(5,6)14-10-13-20(22(29)31-4)26-21(28)15-19(27)16-25-23(30)32-17-18-11-8-7-9-12-18/h7-9,11-12,19-20,27H,13,15-17H2,1-6H3,(H,25,30)(H,26,28)/t19-,20-/m0/s1. The first-order valence-corrected chi connectivity index (χ1v) is 13.9. The molecule has 0 bridgehead atoms. The van der Waals surface area contributed by atoms with E-state index in [1.807, 2.05) is 30.3 Å². The molecular weight excluding hydrogens is 440 g/mol. The van der Waals surface area contributed by atoms with E-state index in [4.69, 9.17) is 9.47 Å². The predicted octanol–water partition coefficient (Wildman–Crippen LogP) is 2.76. The minimum absolute atomic E-state index is 0.0728. The molecule has 1 rings (SSSR count). The molecule has 0 radical (unpaired) electrons. The monoisotopic (exact) mass is 476 g/mol. The van der Waals surface area contributed by atoms with Gasteiger partial charge in [-0.05, 0) is 10.6 Å². The Kier molecular flexibility index (Phi) is 11.1. The summed E-state index contributed by atoms with van der Waals surface area (Å²) in [5.74, 6) is 1.88. The molecule has 1 aromatic rings. The Labute approximate surface area is 197 Å². The van der Waals surface area contributed by atoms with Gasteiger partial charge in [0, 0.05) is 13.0 Å². The van der Waals surface area contributed by atoms with Crippen molar-refractivity contribution in [2.24, 2.45) is 0 Å². The van der Waals surface area contributed by atoms with Crippen LogP contribution in [0.5, 0.6) is 0 Å². The second-order valence-electron chi connectivity index (χ2n) is 9.32. The molecule has 0 spiro atoms. The number of carbonyl (C=O) groups excluding carboxylic acids is 3. The number of aliphatic hydroxyl groups excluding tert-OH is 1. The lowest BCUT2D eigenvalue weighted by Crippen LogP contribution is -2.43. The van der Waals surface area contributed by atoms with Crippen molar-refractivity contribution in [1.29, 1.82) is 0 Å². The lowest BCUT2D eigenvalue weighted by atomic mass is 10.2. The van der Waals surface area contributed by atoms with E-state index in [0.29, 0.717) is 0 Å². The van der Waals surface area contributed by atoms with Gasteiger partial charge < -0.3 is 25.2 Å². The first kappa shape index (κ1) is 28.2. The van der Waals surface area contributed by atoms with Crippen molar-refractivity contribution >= 4 is 26.0 Å². The maximum absolute atomic E-state index is 12.3. The summed E-state index contributed by atoms with van der Waals surface area (Å²) in [6, 6.07) is 8.23. The van der Waals surface area contributed by atoms with Crippen LogP contribution in [0.25, 0.3) is 0 Å². The van der Waals surface area contributed by atoms with Crippen molar-refractivity contribution in [3.05, 3.63) is 35.9 Å². The molecule has 3 N–H and O–H groups in total. The van der Waals surface area contributed by atoms with Gasteiger partial charge in [0.05, 0.1) is 19.6 Å². The molecular formula is C24H36N2O6Si. The van der Waals surface area contributed by atoms with Crippen molar-refractivity contribution in [3.8, 4) is 11.5 Å². The molecule has 0 aromatic heterocycles. The summed E-state index contributed by atoms with van der Waals surface area (Å²) in [6.45, 7) is 10.6. The van der Waals surface area contributed by atoms with Gasteiger partial charge in [-0.2, -0.15) is 0 Å². The number of carbonyl (C=O) groups is 3. The predicted molar refractivity (Wildman–Crippen MR) is 129 cm³/mol. The molecule has 8 nitrogen and oxygen atoms in total. The Morgan fingerprint density at radius 3 is 2.36 bits per heavy atom. The zero-order chi connectivity index (χ0) is 25.1. The third-order valence-corrected chi connectivity index (χ3v) is 10.1. The van der Waals surface area contributed by atoms with Gasteiger partial charge in [-0.3, -0.25) is 4.79 Å². The quantitative estimate of drug-likeness (QED) is 0.287. The largest absolute Gasteiger partial charge is 0.467 e. The summed E-state index contributed by atoms with van der Waals surface area (Å²) in [4.78, 5) is 36.1. The highest BCUT2D eigenvalue weighted by Crippen LogP contribution is 2.35. The number of amides is 2. The lowest BCUT2D eigenvalue weighted by molar-refractivity contribution is -0.145. The summed E-state index contributed by atoms with van der Waals surface area (Å²) >= 11 is 0. The van der Waals surface area contributed by atoms with Gasteiger partial charge in [0.2, 0.25) is 5.91 Å². The number of rotatable bonds is 9. The molecule has 0 aliphatic heterocycles. The van der Waals surface area contributed by atoms with Crippen LogP contribution >= 0.6 is 0 Å². The van der Waals surface area contributed by atoms with E-state index < -0.39 is 38.2 Å². The number of nitrogens with one attached hydrogen (secondary N) is 2. The fourth-order valence-electron chi connectivity index (χ4n) is 2.41. The average molecular weight is 477 g/mol. The van der Waals surface area contributed by atoms with E-state index in [9.17, 15) is 19.5 Å². The Hall–Kier alpha value is -2.83. The van der Waals surface area contributed by atoms with E-state index >= 15 is 0 Å². The second kappa shape index (κ2) is 13.0. The highest BCUT2D eigenvalue weighted by atomic mass is 28.3. The minimum Gasteiger partial charge on any atom is -0.467 e. The maximum atomic E-state index is 12.3. The topological polar surface area (TPSA) is 114 Å². The summed E-state index contributed by atoms with van der Waals surface area (Å²) in [5.41, 5.74) is 4.13. The van der Waals surface area contributed by atoms with Crippen LogP contribution in [0.2, 0.25) is 18.1 Å². The van der Waals surface area contributed by atoms with Gasteiger partial charge in [0.25, 0.3) is 0 Å². The van der Waals surface area contributed by atoms with Crippen LogP contribution in [0.4, 0.5) is 4.79 Å². The number of ether oxygens (including phenoxy) is 2. The van der Waals surface area contributed by atoms with Crippen LogP contribution < -0.4 is 10.6 Å². The average Bonchev–Trinajstić information content (AvgIpc) is 2.74. The number of hydrogen-bond acceptors (Lipinski definition) is 6. The van der Waals surface area contributed by atoms with E-state index in [2.05, 4.69) is 56.0 Å². The molecule has 0 aliphatic rings. The Bertz CT molecular complexity index is 855. The number of methoxy groups -OCH3 is 1. The molecule has 0 aliphatic carbocycles. The maximum Gasteiger partial charge on any atom is 0.407 e. The third-order valence-electron chi connectivity index (χ3n) is 5.52. The number of alkyl carbamates (subject to hydrolysis) is 1. The summed E-state index contributed by atoms with van der Waals surface area (Å²) in [7, 11) is -0.612. The summed E-state index contributed by atoms with van der Waals surface area (Å²) in [6.07, 6.45) is -2.04. The zero-order valence-electron chi connectivity index (χ0n) is 20.4. The van der Waals surface area contributed by atoms with Gasteiger partial charge >= 0.3 is 12.1 Å². The van der Waals surface area contributed by atoms with Crippen molar-refractivity contribution in [2.45, 2.75) is 70.5 Å². The first-order valence-electron chi connectivity index (χ1n) is 10.9. The van der Waals surface area contributed by atoms with E-state index in [1.165, 1.54) is 7.11 Å². The van der Waals surface area contributed by atoms with Crippen LogP contribution in [0.15, 0.2) is 30.3 Å². The molecule has 0 unspecified atom stereocenters. The van der Waals surface area contributed by atoms with E-state index in [0.717, 1.165) is 5.56 Å². The summed E-state index contributed by atoms with van der Waals surface area (Å²) < 4.78 is 9.82. The number of esters is 1. The van der Waals surface area contributed by atoms with Crippen LogP contribution in [0.3, 0.4) is 0 Å². The van der Waals surface area contributed by atoms with Crippen molar-refractivity contribution in [3.63, 3.8) is 0 Å². The van der Waals surface area contributed by atoms with Gasteiger partial charge in [-0.1, -0.05) is 64.2 Å². The van der Waals surface area contributed by atoms with Crippen molar-refractivity contribution in [2.75, 3.05) is 13.7 Å². The normalized spacial score (nSPS) is 13.1. The van der Waals surface area contributed by atoms with Crippen LogP contribution in [0.1, 0.15) is 39.2 Å². The number of hydrogen-bond donors (Lipinski definition) is 3. The molecule has 0 saturated carbocycles. The van der Waals surface area contributed by atoms with Crippen molar-refractivity contribution in [1.82, 2.24) is 10.6 Å². The molecule has 0 heterocycles. The second-order valence-corrected chi connectivity index (χ2v) is 14.3. The van der Waals surface area contributed by atoms with Gasteiger partial charge in [-0.15, -0.1) is 11.5 Å². The Balaban J connectivity index is 2.51. The molecule has 0 saturated heterocycles.